The van der Waals surface area contributed by atoms with Crippen molar-refractivity contribution in [3.05, 3.63) is 35.4 Å². The normalized spacial score (nSPS) is 18.0. The molecule has 1 heterocycles. The number of amides is 2. The zero-order valence-electron chi connectivity index (χ0n) is 12.9. The molecule has 0 radical (unpaired) electrons. The van der Waals surface area contributed by atoms with Crippen molar-refractivity contribution in [3.63, 3.8) is 0 Å². The number of carbonyl (C=O) groups is 2. The van der Waals surface area contributed by atoms with Gasteiger partial charge in [0.05, 0.1) is 0 Å². The molecule has 1 aliphatic rings. The summed E-state index contributed by atoms with van der Waals surface area (Å²) in [4.78, 5) is 28.3. The molecule has 1 aromatic rings. The van der Waals surface area contributed by atoms with Crippen LogP contribution in [0.5, 0.6) is 0 Å². The quantitative estimate of drug-likeness (QED) is 0.898. The van der Waals surface area contributed by atoms with E-state index < -0.39 is 5.54 Å². The minimum absolute atomic E-state index is 0.0261. The van der Waals surface area contributed by atoms with Gasteiger partial charge in [0.2, 0.25) is 5.91 Å². The molecule has 1 saturated heterocycles. The Kier molecular flexibility index (Phi) is 4.32. The van der Waals surface area contributed by atoms with Crippen LogP contribution in [-0.2, 0) is 11.2 Å². The number of hydrogen-bond acceptors (Lipinski definition) is 3. The van der Waals surface area contributed by atoms with Crippen molar-refractivity contribution >= 4 is 11.8 Å². The topological polar surface area (TPSA) is 66.6 Å². The summed E-state index contributed by atoms with van der Waals surface area (Å²) in [7, 11) is 1.77. The molecule has 1 fully saturated rings. The second-order valence-corrected chi connectivity index (χ2v) is 5.98. The second kappa shape index (κ2) is 5.85. The molecule has 5 nitrogen and oxygen atoms in total. The van der Waals surface area contributed by atoms with E-state index in [-0.39, 0.29) is 11.8 Å². The minimum Gasteiger partial charge on any atom is -0.342 e. The minimum atomic E-state index is -0.806. The van der Waals surface area contributed by atoms with Crippen LogP contribution in [0.2, 0.25) is 0 Å². The molecule has 1 aromatic carbocycles. The molecule has 114 valence electrons. The van der Waals surface area contributed by atoms with Crippen molar-refractivity contribution in [2.75, 3.05) is 26.7 Å². The first kappa shape index (κ1) is 15.5. The maximum Gasteiger partial charge on any atom is 0.254 e. The van der Waals surface area contributed by atoms with Crippen LogP contribution in [0.4, 0.5) is 0 Å². The van der Waals surface area contributed by atoms with Crippen LogP contribution in [-0.4, -0.2) is 53.8 Å². The molecule has 0 aliphatic carbocycles. The van der Waals surface area contributed by atoms with Crippen LogP contribution >= 0.6 is 0 Å². The molecule has 2 N–H and O–H groups in total. The Bertz CT molecular complexity index is 537. The molecule has 0 saturated carbocycles. The van der Waals surface area contributed by atoms with E-state index in [4.69, 9.17) is 5.73 Å². The third-order valence-corrected chi connectivity index (χ3v) is 4.08. The van der Waals surface area contributed by atoms with Gasteiger partial charge < -0.3 is 15.5 Å². The number of hydrogen-bond donors (Lipinski definition) is 1. The van der Waals surface area contributed by atoms with Crippen molar-refractivity contribution in [1.29, 1.82) is 0 Å². The second-order valence-electron chi connectivity index (χ2n) is 5.98. The monoisotopic (exact) mass is 289 g/mol. The fourth-order valence-electron chi connectivity index (χ4n) is 2.71. The molecule has 2 amide bonds. The summed E-state index contributed by atoms with van der Waals surface area (Å²) in [6, 6.07) is 7.47. The molecule has 0 bridgehead atoms. The average Bonchev–Trinajstić information content (AvgIpc) is 2.45. The molecule has 21 heavy (non-hydrogen) atoms. The highest BCUT2D eigenvalue weighted by Crippen LogP contribution is 2.24. The van der Waals surface area contributed by atoms with E-state index in [1.807, 2.05) is 24.3 Å². The highest BCUT2D eigenvalue weighted by Gasteiger charge is 2.43. The molecule has 0 aromatic heterocycles. The lowest BCUT2D eigenvalue weighted by atomic mass is 9.96. The summed E-state index contributed by atoms with van der Waals surface area (Å²) >= 11 is 0. The molecular formula is C16H23N3O2. The summed E-state index contributed by atoms with van der Waals surface area (Å²) in [6.07, 6.45) is 0.799. The zero-order valence-corrected chi connectivity index (χ0v) is 12.9. The van der Waals surface area contributed by atoms with E-state index in [1.165, 1.54) is 0 Å². The van der Waals surface area contributed by atoms with Crippen LogP contribution < -0.4 is 5.73 Å². The van der Waals surface area contributed by atoms with Crippen molar-refractivity contribution in [2.24, 2.45) is 5.73 Å². The van der Waals surface area contributed by atoms with Crippen LogP contribution in [0.25, 0.3) is 0 Å². The summed E-state index contributed by atoms with van der Waals surface area (Å²) in [5.74, 6) is -0.123. The summed E-state index contributed by atoms with van der Waals surface area (Å²) in [6.45, 7) is 5.31. The third-order valence-electron chi connectivity index (χ3n) is 4.08. The largest absolute Gasteiger partial charge is 0.342 e. The lowest BCUT2D eigenvalue weighted by molar-refractivity contribution is -0.144. The lowest BCUT2D eigenvalue weighted by Crippen LogP contribution is -2.63. The third kappa shape index (κ3) is 2.93. The van der Waals surface area contributed by atoms with Crippen molar-refractivity contribution < 1.29 is 9.59 Å². The Morgan fingerprint density at radius 1 is 1.24 bits per heavy atom. The van der Waals surface area contributed by atoms with E-state index in [9.17, 15) is 9.59 Å². The first-order valence-electron chi connectivity index (χ1n) is 7.24. The highest BCUT2D eigenvalue weighted by molar-refractivity contribution is 5.99. The van der Waals surface area contributed by atoms with Gasteiger partial charge >= 0.3 is 0 Å². The van der Waals surface area contributed by atoms with Gasteiger partial charge in [-0.25, -0.2) is 0 Å². The maximum atomic E-state index is 12.7. The van der Waals surface area contributed by atoms with Gasteiger partial charge in [0, 0.05) is 25.7 Å². The summed E-state index contributed by atoms with van der Waals surface area (Å²) in [5, 5.41) is 0. The predicted molar refractivity (Wildman–Crippen MR) is 82.0 cm³/mol. The van der Waals surface area contributed by atoms with E-state index in [0.29, 0.717) is 25.2 Å². The maximum absolute atomic E-state index is 12.7. The van der Waals surface area contributed by atoms with Gasteiger partial charge in [-0.05, 0) is 44.5 Å². The van der Waals surface area contributed by atoms with Crippen molar-refractivity contribution in [2.45, 2.75) is 25.8 Å². The van der Waals surface area contributed by atoms with E-state index >= 15 is 0 Å². The number of benzene rings is 1. The van der Waals surface area contributed by atoms with Crippen LogP contribution in [0.1, 0.15) is 29.8 Å². The highest BCUT2D eigenvalue weighted by atomic mass is 16.2. The van der Waals surface area contributed by atoms with Gasteiger partial charge in [0.25, 0.3) is 5.91 Å². The molecule has 5 heteroatoms. The van der Waals surface area contributed by atoms with Crippen molar-refractivity contribution in [1.82, 2.24) is 9.80 Å². The Hall–Kier alpha value is -1.88. The summed E-state index contributed by atoms with van der Waals surface area (Å²) in [5.41, 5.74) is 6.44. The standard InChI is InChI=1S/C16H23N3O2/c1-16(2)15(21)18(3)10-11-19(16)14(20)13-6-4-12(5-7-13)8-9-17/h4-7H,8-11,17H2,1-3H3. The molecule has 1 aliphatic heterocycles. The van der Waals surface area contributed by atoms with E-state index in [1.54, 1.807) is 30.7 Å². The number of likely N-dealkylation sites (N-methyl/N-ethyl adjacent to an activating group) is 1. The number of piperazine rings is 1. The Balaban J connectivity index is 2.21. The summed E-state index contributed by atoms with van der Waals surface area (Å²) < 4.78 is 0. The molecule has 0 spiro atoms. The van der Waals surface area contributed by atoms with Gasteiger partial charge in [-0.3, -0.25) is 9.59 Å². The molecule has 0 unspecified atom stereocenters. The number of nitrogens with two attached hydrogens (primary N) is 1. The fourth-order valence-corrected chi connectivity index (χ4v) is 2.71. The lowest BCUT2D eigenvalue weighted by Gasteiger charge is -2.44. The molecule has 0 atom stereocenters. The van der Waals surface area contributed by atoms with Gasteiger partial charge in [-0.15, -0.1) is 0 Å². The Morgan fingerprint density at radius 2 is 1.86 bits per heavy atom. The van der Waals surface area contributed by atoms with Crippen LogP contribution in [0.3, 0.4) is 0 Å². The number of nitrogens with zero attached hydrogens (tertiary/aromatic N) is 2. The van der Waals surface area contributed by atoms with Gasteiger partial charge in [0.15, 0.2) is 0 Å². The zero-order chi connectivity index (χ0) is 15.6. The van der Waals surface area contributed by atoms with Crippen LogP contribution in [0.15, 0.2) is 24.3 Å². The van der Waals surface area contributed by atoms with E-state index in [2.05, 4.69) is 0 Å². The first-order chi connectivity index (χ1) is 9.87. The van der Waals surface area contributed by atoms with Gasteiger partial charge in [0.1, 0.15) is 5.54 Å². The van der Waals surface area contributed by atoms with Crippen LogP contribution in [0, 0.1) is 0 Å². The van der Waals surface area contributed by atoms with E-state index in [0.717, 1.165) is 12.0 Å². The Morgan fingerprint density at radius 3 is 2.43 bits per heavy atom. The van der Waals surface area contributed by atoms with Gasteiger partial charge in [-0.1, -0.05) is 12.1 Å². The SMILES string of the molecule is CN1CCN(C(=O)c2ccc(CCN)cc2)C(C)(C)C1=O. The Labute approximate surface area is 125 Å². The van der Waals surface area contributed by atoms with Gasteiger partial charge in [-0.2, -0.15) is 0 Å². The predicted octanol–water partition coefficient (Wildman–Crippen LogP) is 0.881. The average molecular weight is 289 g/mol. The molecule has 2 rings (SSSR count). The number of rotatable bonds is 3. The fraction of sp³-hybridized carbons (Fsp3) is 0.500. The first-order valence-corrected chi connectivity index (χ1v) is 7.24. The smallest absolute Gasteiger partial charge is 0.254 e. The van der Waals surface area contributed by atoms with Crippen molar-refractivity contribution in [3.8, 4) is 0 Å². The molecular weight excluding hydrogens is 266 g/mol. The number of carbonyl (C=O) groups excluding carboxylic acids is 2.